The van der Waals surface area contributed by atoms with Gasteiger partial charge in [-0.05, 0) is 97.7 Å². The Morgan fingerprint density at radius 3 is 2.48 bits per heavy atom. The Morgan fingerprint density at radius 2 is 1.76 bits per heavy atom. The van der Waals surface area contributed by atoms with Gasteiger partial charge in [-0.3, -0.25) is 14.7 Å². The molecule has 1 saturated carbocycles. The quantitative estimate of drug-likeness (QED) is 0.0569. The largest absolute Gasteiger partial charge is 0.486 e. The molecule has 19 nitrogen and oxygen atoms in total. The number of aliphatic hydroxyl groups is 1. The number of aromatic nitrogens is 9. The molecule has 3 saturated heterocycles. The minimum absolute atomic E-state index is 0.146. The Hall–Kier alpha value is -7.94. The molecule has 4 N–H and O–H groups in total. The van der Waals surface area contributed by atoms with Crippen molar-refractivity contribution in [1.82, 2.24) is 60.7 Å². The summed E-state index contributed by atoms with van der Waals surface area (Å²) in [6.45, 7) is 10.1. The van der Waals surface area contributed by atoms with Crippen molar-refractivity contribution in [2.45, 2.75) is 103 Å². The molecule has 12 rings (SSSR count). The number of ether oxygens (including phenoxy) is 3. The maximum atomic E-state index is 16.1. The van der Waals surface area contributed by atoms with Crippen LogP contribution in [0.1, 0.15) is 91.8 Å². The number of amides is 2. The summed E-state index contributed by atoms with van der Waals surface area (Å²) in [5.74, 6) is 0.437. The Morgan fingerprint density at radius 1 is 0.949 bits per heavy atom. The van der Waals surface area contributed by atoms with Crippen molar-refractivity contribution in [3.8, 4) is 45.4 Å². The average Bonchev–Trinajstić information content (AvgIpc) is 4.28. The maximum absolute atomic E-state index is 16.1. The number of rotatable bonds is 19. The Kier molecular flexibility index (Phi) is 14.2. The van der Waals surface area contributed by atoms with Crippen LogP contribution in [0.2, 0.25) is 0 Å². The summed E-state index contributed by atoms with van der Waals surface area (Å²) in [5.41, 5.74) is 9.77. The second-order valence-electron chi connectivity index (χ2n) is 21.7. The second-order valence-corrected chi connectivity index (χ2v) is 21.7. The van der Waals surface area contributed by atoms with Crippen LogP contribution in [0.25, 0.3) is 55.4 Å². The molecule has 2 bridgehead atoms. The second kappa shape index (κ2) is 21.7. The number of halogens is 1. The third-order valence-electron chi connectivity index (χ3n) is 16.1. The van der Waals surface area contributed by atoms with E-state index in [1.807, 2.05) is 69.3 Å². The SMILES string of the molecule is COCCOc1nc(N2C[C@@H]3C[C@H]2CN3)c2cc(C3CC3)c(-c3c(C)c(F)cc4[nH]ncc34)c(OCc3ccc(-c4cn([C@H](C(=O)N5CCC[C@H]5C(=O)N[C@@H](CO)c5ccc(-c6ncncc6C)cc5)C(C)C)nn4)cc3)c2n1. The molecular formula is C59H64FN13O6. The molecule has 5 atom stereocenters. The Balaban J connectivity index is 0.811. The normalized spacial score (nSPS) is 18.8. The first kappa shape index (κ1) is 51.8. The average molecular weight is 1070 g/mol. The van der Waals surface area contributed by atoms with Gasteiger partial charge in [0.15, 0.2) is 5.75 Å². The molecule has 79 heavy (non-hydrogen) atoms. The molecule has 4 aromatic carbocycles. The van der Waals surface area contributed by atoms with E-state index in [2.05, 4.69) is 52.1 Å². The number of aromatic amines is 1. The molecule has 4 aliphatic rings. The van der Waals surface area contributed by atoms with Gasteiger partial charge in [0.1, 0.15) is 54.5 Å². The van der Waals surface area contributed by atoms with Crippen LogP contribution in [0.5, 0.6) is 11.8 Å². The van der Waals surface area contributed by atoms with Crippen LogP contribution in [0.15, 0.2) is 85.6 Å². The van der Waals surface area contributed by atoms with Gasteiger partial charge in [-0.1, -0.05) is 67.6 Å². The number of piperazine rings is 1. The van der Waals surface area contributed by atoms with Crippen LogP contribution in [-0.4, -0.2) is 132 Å². The molecule has 4 fully saturated rings. The summed E-state index contributed by atoms with van der Waals surface area (Å²) in [5, 5.41) is 35.1. The van der Waals surface area contributed by atoms with E-state index in [4.69, 9.17) is 24.2 Å². The van der Waals surface area contributed by atoms with Crippen molar-refractivity contribution in [3.63, 3.8) is 0 Å². The lowest BCUT2D eigenvalue weighted by atomic mass is 9.88. The Labute approximate surface area is 456 Å². The number of benzene rings is 4. The van der Waals surface area contributed by atoms with Gasteiger partial charge in [0, 0.05) is 78.1 Å². The highest BCUT2D eigenvalue weighted by atomic mass is 19.1. The Bertz CT molecular complexity index is 3570. The first-order chi connectivity index (χ1) is 38.5. The number of anilines is 1. The summed E-state index contributed by atoms with van der Waals surface area (Å²) in [7, 11) is 1.62. The van der Waals surface area contributed by atoms with Gasteiger partial charge in [0.25, 0.3) is 0 Å². The number of carbonyl (C=O) groups excluding carboxylic acids is 2. The third kappa shape index (κ3) is 10.0. The maximum Gasteiger partial charge on any atom is 0.319 e. The summed E-state index contributed by atoms with van der Waals surface area (Å²) in [6, 6.07) is 17.8. The highest BCUT2D eigenvalue weighted by Crippen LogP contribution is 2.53. The van der Waals surface area contributed by atoms with E-state index in [1.54, 1.807) is 42.2 Å². The molecule has 2 amide bonds. The van der Waals surface area contributed by atoms with Crippen molar-refractivity contribution in [2.24, 2.45) is 5.92 Å². The van der Waals surface area contributed by atoms with Gasteiger partial charge in [-0.15, -0.1) is 5.10 Å². The van der Waals surface area contributed by atoms with E-state index in [0.29, 0.717) is 65.6 Å². The smallest absolute Gasteiger partial charge is 0.319 e. The van der Waals surface area contributed by atoms with E-state index in [-0.39, 0.29) is 61.3 Å². The number of aliphatic hydroxyl groups excluding tert-OH is 1. The monoisotopic (exact) mass is 1070 g/mol. The molecule has 408 valence electrons. The molecule has 0 radical (unpaired) electrons. The lowest BCUT2D eigenvalue weighted by Crippen LogP contribution is -2.50. The number of H-pyrrole nitrogens is 1. The molecular weight excluding hydrogens is 1010 g/mol. The van der Waals surface area contributed by atoms with Crippen molar-refractivity contribution >= 4 is 39.4 Å². The lowest BCUT2D eigenvalue weighted by molar-refractivity contribution is -0.142. The van der Waals surface area contributed by atoms with Crippen molar-refractivity contribution < 1.29 is 33.3 Å². The van der Waals surface area contributed by atoms with E-state index in [9.17, 15) is 14.7 Å². The standard InChI is InChI=1S/C59H64FN13O6/c1-32(2)54(58(76)71-18-6-7-49(71)57(75)65-48(29-74)38-14-16-39(17-15-38)52-33(3)24-61-31-63-52)73-28-47(69-70-73)37-10-8-35(9-11-37)30-79-55-51(50-34(4)45(60)23-46-44(50)26-64-68-46)42(36-12-13-36)22-43-53(55)66-59(78-20-19-77-5)67-56(43)72-27-40-21-41(72)25-62-40/h8-11,14-17,22-24,26,28,31-32,36,40-41,48-49,54,62,74H,6-7,12-13,18-21,25,27,29-30H2,1-5H3,(H,64,68)(H,65,75)/t40-,41-,48-,49-,54-/m0/s1. The minimum Gasteiger partial charge on any atom is -0.486 e. The first-order valence-corrected chi connectivity index (χ1v) is 27.3. The van der Waals surface area contributed by atoms with Crippen LogP contribution in [0.4, 0.5) is 10.2 Å². The topological polar surface area (TPSA) is 224 Å². The number of hydrogen-bond donors (Lipinski definition) is 4. The van der Waals surface area contributed by atoms with Gasteiger partial charge in [-0.25, -0.2) is 19.0 Å². The number of aryl methyl sites for hydroxylation is 1. The molecule has 7 heterocycles. The fraction of sp³-hybridized carbons (Fsp3) is 0.407. The number of methoxy groups -OCH3 is 1. The molecule has 20 heteroatoms. The fourth-order valence-corrected chi connectivity index (χ4v) is 11.9. The molecule has 0 spiro atoms. The van der Waals surface area contributed by atoms with Crippen LogP contribution in [-0.2, 0) is 20.9 Å². The fourth-order valence-electron chi connectivity index (χ4n) is 11.9. The van der Waals surface area contributed by atoms with Gasteiger partial charge >= 0.3 is 6.01 Å². The molecule has 8 aromatic rings. The van der Waals surface area contributed by atoms with Crippen LogP contribution in [0.3, 0.4) is 0 Å². The van der Waals surface area contributed by atoms with E-state index >= 15 is 4.39 Å². The van der Waals surface area contributed by atoms with Crippen LogP contribution in [0, 0.1) is 25.6 Å². The molecule has 1 aliphatic carbocycles. The highest BCUT2D eigenvalue weighted by Gasteiger charge is 2.42. The minimum atomic E-state index is -0.735. The number of nitrogens with one attached hydrogen (secondary N) is 3. The lowest BCUT2D eigenvalue weighted by Gasteiger charge is -2.30. The molecule has 0 unspecified atom stereocenters. The third-order valence-corrected chi connectivity index (χ3v) is 16.1. The number of fused-ring (bicyclic) bond motifs is 4. The van der Waals surface area contributed by atoms with Crippen molar-refractivity contribution in [1.29, 1.82) is 0 Å². The van der Waals surface area contributed by atoms with Gasteiger partial charge in [0.2, 0.25) is 11.8 Å². The van der Waals surface area contributed by atoms with E-state index in [1.165, 1.54) is 12.4 Å². The number of nitrogens with zero attached hydrogens (tertiary/aromatic N) is 10. The van der Waals surface area contributed by atoms with Crippen molar-refractivity contribution in [3.05, 3.63) is 119 Å². The number of likely N-dealkylation sites (tertiary alicyclic amines) is 1. The zero-order chi connectivity index (χ0) is 54.5. The first-order valence-electron chi connectivity index (χ1n) is 27.3. The highest BCUT2D eigenvalue weighted by molar-refractivity contribution is 6.06. The van der Waals surface area contributed by atoms with E-state index < -0.39 is 18.1 Å². The summed E-state index contributed by atoms with van der Waals surface area (Å²) in [4.78, 5) is 51.2. The van der Waals surface area contributed by atoms with Crippen LogP contribution < -0.4 is 25.0 Å². The zero-order valence-electron chi connectivity index (χ0n) is 44.9. The predicted octanol–water partition coefficient (Wildman–Crippen LogP) is 7.71. The predicted molar refractivity (Wildman–Crippen MR) is 295 cm³/mol. The van der Waals surface area contributed by atoms with Crippen LogP contribution >= 0.6 is 0 Å². The summed E-state index contributed by atoms with van der Waals surface area (Å²) >= 11 is 0. The number of hydrogen-bond acceptors (Lipinski definition) is 15. The molecule has 4 aromatic heterocycles. The summed E-state index contributed by atoms with van der Waals surface area (Å²) < 4.78 is 36.3. The van der Waals surface area contributed by atoms with Crippen molar-refractivity contribution in [2.75, 3.05) is 51.5 Å². The zero-order valence-corrected chi connectivity index (χ0v) is 44.9. The summed E-state index contributed by atoms with van der Waals surface area (Å²) in [6.07, 6.45) is 10.9. The van der Waals surface area contributed by atoms with Gasteiger partial charge in [-0.2, -0.15) is 15.1 Å². The van der Waals surface area contributed by atoms with Gasteiger partial charge < -0.3 is 39.8 Å². The number of carbonyl (C=O) groups is 2. The molecule has 3 aliphatic heterocycles. The van der Waals surface area contributed by atoms with E-state index in [0.717, 1.165) is 93.6 Å². The van der Waals surface area contributed by atoms with Gasteiger partial charge in [0.05, 0.1) is 42.9 Å².